The standard InChI is InChI=1S/C29H43N9O5/c30-11-5-3-8-21(32)26(39)37-24(13-18-15-34-22-9-2-1-7-20(18)22)27(40)38-25(14-19-16-33-17-35-19)28(41)36-23(29(42)43)10-4-6-12-31/h1-2,7,9,15-17,21,23-25,34H,3-6,8,10-14,30-32H2,(H,33,35)(H,36,41)(H,37,39)(H,38,40)(H,42,43). The van der Waals surface area contributed by atoms with Crippen molar-refractivity contribution in [3.05, 3.63) is 54.2 Å². The van der Waals surface area contributed by atoms with Gasteiger partial charge in [0.05, 0.1) is 12.4 Å². The summed E-state index contributed by atoms with van der Waals surface area (Å²) in [6, 6.07) is 3.31. The van der Waals surface area contributed by atoms with E-state index in [9.17, 15) is 24.3 Å². The van der Waals surface area contributed by atoms with Crippen molar-refractivity contribution in [1.82, 2.24) is 30.9 Å². The highest BCUT2D eigenvalue weighted by atomic mass is 16.4. The molecule has 3 amide bonds. The summed E-state index contributed by atoms with van der Waals surface area (Å²) in [5, 5.41) is 18.6. The van der Waals surface area contributed by atoms with Crippen LogP contribution in [0.2, 0.25) is 0 Å². The minimum absolute atomic E-state index is 0.0130. The van der Waals surface area contributed by atoms with Gasteiger partial charge >= 0.3 is 5.97 Å². The molecule has 1 aromatic carbocycles. The fourth-order valence-corrected chi connectivity index (χ4v) is 4.77. The van der Waals surface area contributed by atoms with Crippen LogP contribution in [0.25, 0.3) is 10.9 Å². The fraction of sp³-hybridized carbons (Fsp3) is 0.483. The van der Waals surface area contributed by atoms with E-state index < -0.39 is 47.9 Å². The molecule has 43 heavy (non-hydrogen) atoms. The van der Waals surface area contributed by atoms with Crippen LogP contribution in [0, 0.1) is 0 Å². The first-order valence-electron chi connectivity index (χ1n) is 14.5. The minimum Gasteiger partial charge on any atom is -0.480 e. The molecule has 234 valence electrons. The maximum Gasteiger partial charge on any atom is 0.326 e. The van der Waals surface area contributed by atoms with Crippen molar-refractivity contribution in [2.75, 3.05) is 13.1 Å². The molecular formula is C29H43N9O5. The monoisotopic (exact) mass is 597 g/mol. The van der Waals surface area contributed by atoms with Crippen LogP contribution in [0.4, 0.5) is 0 Å². The van der Waals surface area contributed by atoms with Gasteiger partial charge in [-0.1, -0.05) is 24.6 Å². The zero-order chi connectivity index (χ0) is 31.2. The first-order valence-corrected chi connectivity index (χ1v) is 14.5. The number of H-pyrrole nitrogens is 2. The molecule has 14 heteroatoms. The van der Waals surface area contributed by atoms with Gasteiger partial charge in [-0.05, 0) is 56.8 Å². The van der Waals surface area contributed by atoms with E-state index in [1.54, 1.807) is 6.20 Å². The van der Waals surface area contributed by atoms with Crippen LogP contribution in [0.3, 0.4) is 0 Å². The molecule has 14 nitrogen and oxygen atoms in total. The van der Waals surface area contributed by atoms with Crippen molar-refractivity contribution >= 4 is 34.6 Å². The molecule has 0 radical (unpaired) electrons. The number of amides is 3. The third kappa shape index (κ3) is 10.2. The number of carboxylic acid groups (broad SMARTS) is 1. The summed E-state index contributed by atoms with van der Waals surface area (Å²) in [6.45, 7) is 0.883. The number of para-hydroxylation sites is 1. The molecule has 0 aliphatic heterocycles. The molecule has 0 aliphatic carbocycles. The summed E-state index contributed by atoms with van der Waals surface area (Å²) in [7, 11) is 0. The Morgan fingerprint density at radius 2 is 1.44 bits per heavy atom. The van der Waals surface area contributed by atoms with E-state index in [2.05, 4.69) is 30.9 Å². The van der Waals surface area contributed by atoms with Crippen LogP contribution in [-0.4, -0.2) is 81.0 Å². The van der Waals surface area contributed by atoms with Crippen molar-refractivity contribution in [2.45, 2.75) is 75.5 Å². The summed E-state index contributed by atoms with van der Waals surface area (Å²) in [4.78, 5) is 62.1. The highest BCUT2D eigenvalue weighted by molar-refractivity contribution is 5.95. The molecule has 0 saturated carbocycles. The van der Waals surface area contributed by atoms with Crippen LogP contribution in [0.15, 0.2) is 43.0 Å². The lowest BCUT2D eigenvalue weighted by Gasteiger charge is -2.25. The molecule has 2 aromatic heterocycles. The molecule has 0 saturated heterocycles. The molecule has 0 fully saturated rings. The second-order valence-corrected chi connectivity index (χ2v) is 10.5. The summed E-state index contributed by atoms with van der Waals surface area (Å²) < 4.78 is 0. The second kappa shape index (κ2) is 17.0. The average molecular weight is 598 g/mol. The molecule has 3 rings (SSSR count). The number of carbonyl (C=O) groups excluding carboxylic acids is 3. The quantitative estimate of drug-likeness (QED) is 0.0829. The molecule has 2 heterocycles. The summed E-state index contributed by atoms with van der Waals surface area (Å²) in [5.74, 6) is -3.00. The molecule has 0 spiro atoms. The van der Waals surface area contributed by atoms with Gasteiger partial charge in [0, 0.05) is 41.8 Å². The van der Waals surface area contributed by atoms with E-state index in [4.69, 9.17) is 17.2 Å². The average Bonchev–Trinajstić information content (AvgIpc) is 3.66. The number of nitrogens with one attached hydrogen (secondary N) is 5. The topological polar surface area (TPSA) is 247 Å². The number of fused-ring (bicyclic) bond motifs is 1. The normalized spacial score (nSPS) is 14.0. The number of rotatable bonds is 19. The first kappa shape index (κ1) is 33.2. The third-order valence-corrected chi connectivity index (χ3v) is 7.21. The Bertz CT molecular complexity index is 1330. The van der Waals surface area contributed by atoms with Gasteiger partial charge in [-0.15, -0.1) is 0 Å². The van der Waals surface area contributed by atoms with Gasteiger partial charge in [0.1, 0.15) is 18.1 Å². The third-order valence-electron chi connectivity index (χ3n) is 7.21. The number of aromatic amines is 2. The molecule has 4 unspecified atom stereocenters. The van der Waals surface area contributed by atoms with Crippen LogP contribution in [0.1, 0.15) is 49.8 Å². The van der Waals surface area contributed by atoms with E-state index in [-0.39, 0.29) is 19.3 Å². The van der Waals surface area contributed by atoms with Crippen molar-refractivity contribution in [1.29, 1.82) is 0 Å². The Morgan fingerprint density at radius 1 is 0.814 bits per heavy atom. The summed E-state index contributed by atoms with van der Waals surface area (Å²) in [5.41, 5.74) is 19.4. The maximum absolute atomic E-state index is 13.8. The zero-order valence-corrected chi connectivity index (χ0v) is 24.2. The van der Waals surface area contributed by atoms with Gasteiger partial charge in [0.15, 0.2) is 0 Å². The van der Waals surface area contributed by atoms with Crippen molar-refractivity contribution < 1.29 is 24.3 Å². The second-order valence-electron chi connectivity index (χ2n) is 10.5. The number of imidazole rings is 1. The van der Waals surface area contributed by atoms with Crippen molar-refractivity contribution in [2.24, 2.45) is 17.2 Å². The van der Waals surface area contributed by atoms with Gasteiger partial charge < -0.3 is 48.2 Å². The van der Waals surface area contributed by atoms with E-state index in [1.165, 1.54) is 12.5 Å². The number of hydrogen-bond donors (Lipinski definition) is 9. The largest absolute Gasteiger partial charge is 0.480 e. The number of benzene rings is 1. The Hall–Kier alpha value is -4.27. The van der Waals surface area contributed by atoms with E-state index >= 15 is 0 Å². The Kier molecular flexibility index (Phi) is 13.1. The predicted molar refractivity (Wildman–Crippen MR) is 162 cm³/mol. The molecular weight excluding hydrogens is 554 g/mol. The lowest BCUT2D eigenvalue weighted by atomic mass is 10.0. The first-order chi connectivity index (χ1) is 20.7. The van der Waals surface area contributed by atoms with Crippen LogP contribution in [-0.2, 0) is 32.0 Å². The van der Waals surface area contributed by atoms with E-state index in [0.717, 1.165) is 16.5 Å². The lowest BCUT2D eigenvalue weighted by molar-refractivity contribution is -0.142. The Morgan fingerprint density at radius 3 is 2.09 bits per heavy atom. The van der Waals surface area contributed by atoms with E-state index in [0.29, 0.717) is 50.9 Å². The number of nitrogens with two attached hydrogens (primary N) is 3. The van der Waals surface area contributed by atoms with E-state index in [1.807, 2.05) is 24.3 Å². The molecule has 0 aliphatic rings. The van der Waals surface area contributed by atoms with Crippen LogP contribution >= 0.6 is 0 Å². The van der Waals surface area contributed by atoms with Gasteiger partial charge in [-0.2, -0.15) is 0 Å². The lowest BCUT2D eigenvalue weighted by Crippen LogP contribution is -2.58. The minimum atomic E-state index is -1.19. The number of carboxylic acids is 1. The van der Waals surface area contributed by atoms with Gasteiger partial charge in [0.25, 0.3) is 0 Å². The number of nitrogens with zero attached hydrogens (tertiary/aromatic N) is 1. The predicted octanol–water partition coefficient (Wildman–Crippen LogP) is -0.199. The number of carbonyl (C=O) groups is 4. The molecule has 4 atom stereocenters. The molecule has 12 N–H and O–H groups in total. The highest BCUT2D eigenvalue weighted by Crippen LogP contribution is 2.19. The van der Waals surface area contributed by atoms with Gasteiger partial charge in [-0.3, -0.25) is 14.4 Å². The van der Waals surface area contributed by atoms with Crippen molar-refractivity contribution in [3.8, 4) is 0 Å². The summed E-state index contributed by atoms with van der Waals surface area (Å²) >= 11 is 0. The number of aliphatic carboxylic acids is 1. The van der Waals surface area contributed by atoms with Gasteiger partial charge in [0.2, 0.25) is 17.7 Å². The zero-order valence-electron chi connectivity index (χ0n) is 24.2. The smallest absolute Gasteiger partial charge is 0.326 e. The van der Waals surface area contributed by atoms with Crippen LogP contribution in [0.5, 0.6) is 0 Å². The Balaban J connectivity index is 1.83. The Labute approximate surface area is 249 Å². The summed E-state index contributed by atoms with van der Waals surface area (Å²) in [6.07, 6.45) is 7.92. The highest BCUT2D eigenvalue weighted by Gasteiger charge is 2.31. The molecule has 0 bridgehead atoms. The number of unbranched alkanes of at least 4 members (excludes halogenated alkanes) is 2. The number of aromatic nitrogens is 3. The SMILES string of the molecule is NCCCCC(N)C(=O)NC(Cc1c[nH]c2ccccc12)C(=O)NC(Cc1cnc[nH]1)C(=O)NC(CCCCN)C(=O)O. The van der Waals surface area contributed by atoms with Crippen molar-refractivity contribution in [3.63, 3.8) is 0 Å². The maximum atomic E-state index is 13.8. The van der Waals surface area contributed by atoms with Gasteiger partial charge in [-0.25, -0.2) is 9.78 Å². The number of hydrogen-bond acceptors (Lipinski definition) is 8. The molecule has 3 aromatic rings. The fourth-order valence-electron chi connectivity index (χ4n) is 4.77. The van der Waals surface area contributed by atoms with Crippen LogP contribution < -0.4 is 33.2 Å².